The Morgan fingerprint density at radius 2 is 1.52 bits per heavy atom. The molecule has 0 saturated heterocycles. The molecule has 0 spiro atoms. The van der Waals surface area contributed by atoms with Crippen LogP contribution in [-0.4, -0.2) is 15.8 Å². The minimum Gasteiger partial charge on any atom is -0.320 e. The highest BCUT2D eigenvalue weighted by atomic mass is 35.5. The molecule has 0 saturated carbocycles. The summed E-state index contributed by atoms with van der Waals surface area (Å²) in [6.45, 7) is 4.85. The number of hydrogen-bond donors (Lipinski definition) is 1. The number of hydrogen-bond acceptors (Lipinski definition) is 5. The fourth-order valence-electron chi connectivity index (χ4n) is 2.45. The number of nitro benzene ring substituents is 2. The first kappa shape index (κ1) is 18.3. The third-order valence-electron chi connectivity index (χ3n) is 3.68. The molecule has 0 aliphatic rings. The van der Waals surface area contributed by atoms with Crippen molar-refractivity contribution in [3.8, 4) is 0 Å². The predicted octanol–water partition coefficient (Wildman–Crippen LogP) is 4.33. The van der Waals surface area contributed by atoms with E-state index in [-0.39, 0.29) is 11.1 Å². The lowest BCUT2D eigenvalue weighted by molar-refractivity contribution is -0.395. The molecular weight excluding hydrogens is 350 g/mol. The molecule has 9 heteroatoms. The maximum Gasteiger partial charge on any atom is 0.279 e. The molecule has 0 bridgehead atoms. The minimum atomic E-state index is -0.761. The van der Waals surface area contributed by atoms with Gasteiger partial charge in [0.05, 0.1) is 26.1 Å². The lowest BCUT2D eigenvalue weighted by Crippen LogP contribution is -2.14. The summed E-state index contributed by atoms with van der Waals surface area (Å²) in [5, 5.41) is 25.1. The Kier molecular flexibility index (Phi) is 5.03. The highest BCUT2D eigenvalue weighted by Crippen LogP contribution is 2.31. The first-order valence-electron chi connectivity index (χ1n) is 7.13. The van der Waals surface area contributed by atoms with Crippen LogP contribution in [0, 0.1) is 41.0 Å². The molecule has 2 rings (SSSR count). The van der Waals surface area contributed by atoms with Gasteiger partial charge in [0.2, 0.25) is 0 Å². The molecule has 2 aromatic rings. The Labute approximate surface area is 147 Å². The van der Waals surface area contributed by atoms with Crippen LogP contribution in [0.1, 0.15) is 27.0 Å². The molecule has 25 heavy (non-hydrogen) atoms. The van der Waals surface area contributed by atoms with Gasteiger partial charge in [0.1, 0.15) is 5.56 Å². The average Bonchev–Trinajstić information content (AvgIpc) is 2.50. The predicted molar refractivity (Wildman–Crippen MR) is 93.4 cm³/mol. The van der Waals surface area contributed by atoms with E-state index in [4.69, 9.17) is 11.6 Å². The molecule has 1 N–H and O–H groups in total. The second kappa shape index (κ2) is 6.86. The zero-order valence-corrected chi connectivity index (χ0v) is 14.4. The van der Waals surface area contributed by atoms with Crippen LogP contribution in [0.2, 0.25) is 5.02 Å². The molecule has 0 unspecified atom stereocenters. The van der Waals surface area contributed by atoms with Crippen LogP contribution in [0.25, 0.3) is 0 Å². The third-order valence-corrected chi connectivity index (χ3v) is 3.98. The van der Waals surface area contributed by atoms with E-state index in [1.54, 1.807) is 13.0 Å². The van der Waals surface area contributed by atoms with Crippen LogP contribution >= 0.6 is 11.6 Å². The number of benzene rings is 2. The van der Waals surface area contributed by atoms with Crippen molar-refractivity contribution in [1.29, 1.82) is 0 Å². The van der Waals surface area contributed by atoms with E-state index in [2.05, 4.69) is 5.32 Å². The number of nitrogens with one attached hydrogen (secondary N) is 1. The summed E-state index contributed by atoms with van der Waals surface area (Å²) in [6.07, 6.45) is 0. The lowest BCUT2D eigenvalue weighted by atomic mass is 10.1. The van der Waals surface area contributed by atoms with Crippen LogP contribution in [0.4, 0.5) is 17.1 Å². The topological polar surface area (TPSA) is 115 Å². The molecule has 0 aliphatic carbocycles. The summed E-state index contributed by atoms with van der Waals surface area (Å²) in [5.41, 5.74) is 0.660. The number of amides is 1. The van der Waals surface area contributed by atoms with Crippen molar-refractivity contribution < 1.29 is 14.6 Å². The molecule has 130 valence electrons. The Morgan fingerprint density at radius 3 is 1.96 bits per heavy atom. The molecule has 0 heterocycles. The van der Waals surface area contributed by atoms with Crippen molar-refractivity contribution in [2.75, 3.05) is 5.32 Å². The van der Waals surface area contributed by atoms with Gasteiger partial charge in [0.15, 0.2) is 0 Å². The number of anilines is 1. The van der Waals surface area contributed by atoms with Crippen molar-refractivity contribution in [2.45, 2.75) is 20.8 Å². The van der Waals surface area contributed by atoms with Gasteiger partial charge in [-0.3, -0.25) is 25.0 Å². The normalized spacial score (nSPS) is 10.4. The number of carbonyl (C=O) groups excluding carboxylic acids is 1. The molecule has 0 fully saturated rings. The molecule has 8 nitrogen and oxygen atoms in total. The summed E-state index contributed by atoms with van der Waals surface area (Å²) in [4.78, 5) is 33.1. The van der Waals surface area contributed by atoms with Crippen LogP contribution in [-0.2, 0) is 0 Å². The van der Waals surface area contributed by atoms with E-state index < -0.39 is 27.1 Å². The van der Waals surface area contributed by atoms with Gasteiger partial charge < -0.3 is 5.32 Å². The number of nitro groups is 2. The van der Waals surface area contributed by atoms with Crippen LogP contribution in [0.15, 0.2) is 24.3 Å². The van der Waals surface area contributed by atoms with Gasteiger partial charge in [-0.2, -0.15) is 0 Å². The lowest BCUT2D eigenvalue weighted by Gasteiger charge is -2.12. The quantitative estimate of drug-likeness (QED) is 0.640. The number of aryl methyl sites for hydroxylation is 2. The van der Waals surface area contributed by atoms with Gasteiger partial charge in [-0.1, -0.05) is 17.7 Å². The second-order valence-corrected chi connectivity index (χ2v) is 5.95. The molecule has 0 radical (unpaired) electrons. The van der Waals surface area contributed by atoms with Gasteiger partial charge in [-0.25, -0.2) is 0 Å². The third kappa shape index (κ3) is 3.74. The van der Waals surface area contributed by atoms with Gasteiger partial charge in [-0.15, -0.1) is 0 Å². The monoisotopic (exact) mass is 363 g/mol. The summed E-state index contributed by atoms with van der Waals surface area (Å²) < 4.78 is 0. The largest absolute Gasteiger partial charge is 0.320 e. The maximum atomic E-state index is 12.4. The minimum absolute atomic E-state index is 0.115. The summed E-state index contributed by atoms with van der Waals surface area (Å²) in [7, 11) is 0. The number of halogens is 1. The van der Waals surface area contributed by atoms with Gasteiger partial charge in [0, 0.05) is 12.1 Å². The standard InChI is InChI=1S/C16H14ClN3O5/c1-8-4-9(2)15(12(17)5-8)18-16(21)11-6-13(19(22)23)10(3)14(7-11)20(24)25/h4-7H,1-3H3,(H,18,21). The van der Waals surface area contributed by atoms with E-state index in [9.17, 15) is 25.0 Å². The molecule has 0 atom stereocenters. The van der Waals surface area contributed by atoms with Crippen LogP contribution < -0.4 is 5.32 Å². The van der Waals surface area contributed by atoms with E-state index in [0.717, 1.165) is 17.7 Å². The Hall–Kier alpha value is -3.00. The zero-order chi connectivity index (χ0) is 18.9. The van der Waals surface area contributed by atoms with Gasteiger partial charge in [-0.05, 0) is 38.0 Å². The molecule has 1 amide bonds. The van der Waals surface area contributed by atoms with Crippen molar-refractivity contribution in [2.24, 2.45) is 0 Å². The summed E-state index contributed by atoms with van der Waals surface area (Å²) in [6, 6.07) is 5.48. The fraction of sp³-hybridized carbons (Fsp3) is 0.188. The average molecular weight is 364 g/mol. The van der Waals surface area contributed by atoms with E-state index in [1.165, 1.54) is 6.92 Å². The second-order valence-electron chi connectivity index (χ2n) is 5.55. The van der Waals surface area contributed by atoms with Crippen LogP contribution in [0.5, 0.6) is 0 Å². The van der Waals surface area contributed by atoms with Crippen molar-refractivity contribution in [3.63, 3.8) is 0 Å². The summed E-state index contributed by atoms with van der Waals surface area (Å²) in [5.74, 6) is -0.722. The molecule has 0 aliphatic heterocycles. The maximum absolute atomic E-state index is 12.4. The van der Waals surface area contributed by atoms with Crippen molar-refractivity contribution in [1.82, 2.24) is 0 Å². The summed E-state index contributed by atoms with van der Waals surface area (Å²) >= 11 is 6.12. The molecular formula is C16H14ClN3O5. The van der Waals surface area contributed by atoms with Gasteiger partial charge in [0.25, 0.3) is 17.3 Å². The van der Waals surface area contributed by atoms with Gasteiger partial charge >= 0.3 is 0 Å². The van der Waals surface area contributed by atoms with Crippen molar-refractivity contribution in [3.05, 3.63) is 71.8 Å². The SMILES string of the molecule is Cc1cc(C)c(NC(=O)c2cc([N+](=O)[O-])c(C)c([N+](=O)[O-])c2)c(Cl)c1. The highest BCUT2D eigenvalue weighted by molar-refractivity contribution is 6.34. The highest BCUT2D eigenvalue weighted by Gasteiger charge is 2.25. The van der Waals surface area contributed by atoms with Crippen molar-refractivity contribution >= 4 is 34.6 Å². The first-order valence-corrected chi connectivity index (χ1v) is 7.51. The smallest absolute Gasteiger partial charge is 0.279 e. The van der Waals surface area contributed by atoms with E-state index in [1.807, 2.05) is 13.0 Å². The number of carbonyl (C=O) groups is 1. The first-order chi connectivity index (χ1) is 11.6. The number of nitrogens with zero attached hydrogens (tertiary/aromatic N) is 2. The zero-order valence-electron chi connectivity index (χ0n) is 13.6. The fourth-order valence-corrected chi connectivity index (χ4v) is 2.82. The van der Waals surface area contributed by atoms with E-state index in [0.29, 0.717) is 16.3 Å². The Balaban J connectivity index is 2.50. The Bertz CT molecular complexity index is 853. The van der Waals surface area contributed by atoms with E-state index >= 15 is 0 Å². The van der Waals surface area contributed by atoms with Crippen LogP contribution in [0.3, 0.4) is 0 Å². The molecule has 2 aromatic carbocycles. The number of rotatable bonds is 4. The molecule has 0 aromatic heterocycles. The Morgan fingerprint density at radius 1 is 1.00 bits per heavy atom.